The summed E-state index contributed by atoms with van der Waals surface area (Å²) in [5, 5.41) is 0. The van der Waals surface area contributed by atoms with Crippen LogP contribution in [0.3, 0.4) is 0 Å². The average molecular weight is 228 g/mol. The van der Waals surface area contributed by atoms with Crippen molar-refractivity contribution in [1.82, 2.24) is 10.9 Å². The van der Waals surface area contributed by atoms with E-state index in [-0.39, 0.29) is 11.0 Å². The number of carbonyl (C=O) groups excluding carboxylic acids is 1. The summed E-state index contributed by atoms with van der Waals surface area (Å²) in [6.45, 7) is 8.84. The third-order valence-corrected chi connectivity index (χ3v) is 3.94. The topological polar surface area (TPSA) is 50.4 Å². The Bertz CT molecular complexity index is 253. The van der Waals surface area contributed by atoms with Gasteiger partial charge in [0, 0.05) is 5.54 Å². The highest BCUT2D eigenvalue weighted by Gasteiger charge is 2.42. The summed E-state index contributed by atoms with van der Waals surface area (Å²) < 4.78 is 4.83. The van der Waals surface area contributed by atoms with E-state index in [9.17, 15) is 4.79 Å². The molecule has 0 radical (unpaired) electrons. The minimum absolute atomic E-state index is 0.0575. The van der Waals surface area contributed by atoms with Crippen LogP contribution in [0.25, 0.3) is 0 Å². The quantitative estimate of drug-likeness (QED) is 0.730. The number of rotatable bonds is 3. The highest BCUT2D eigenvalue weighted by molar-refractivity contribution is 5.66. The first-order chi connectivity index (χ1) is 7.41. The van der Waals surface area contributed by atoms with Crippen molar-refractivity contribution < 1.29 is 9.53 Å². The molecule has 4 nitrogen and oxygen atoms in total. The molecular weight excluding hydrogens is 204 g/mol. The second kappa shape index (κ2) is 5.04. The van der Waals surface area contributed by atoms with Crippen LogP contribution < -0.4 is 10.9 Å². The van der Waals surface area contributed by atoms with Crippen molar-refractivity contribution in [1.29, 1.82) is 0 Å². The Morgan fingerprint density at radius 2 is 1.88 bits per heavy atom. The SMILES string of the molecule is CCOC(=O)NNC1(C)CCCCC1(C)C. The summed E-state index contributed by atoms with van der Waals surface area (Å²) in [5.74, 6) is 0. The molecule has 1 saturated carbocycles. The molecule has 1 unspecified atom stereocenters. The van der Waals surface area contributed by atoms with Gasteiger partial charge in [-0.2, -0.15) is 0 Å². The summed E-state index contributed by atoms with van der Waals surface area (Å²) >= 11 is 0. The van der Waals surface area contributed by atoms with Gasteiger partial charge in [0.05, 0.1) is 6.61 Å². The van der Waals surface area contributed by atoms with Gasteiger partial charge in [0.1, 0.15) is 0 Å². The zero-order chi connectivity index (χ0) is 12.2. The molecule has 1 atom stereocenters. The highest BCUT2D eigenvalue weighted by Crippen LogP contribution is 2.43. The number of hydrazine groups is 1. The molecule has 1 amide bonds. The minimum atomic E-state index is -0.398. The number of ether oxygens (including phenoxy) is 1. The van der Waals surface area contributed by atoms with Crippen LogP contribution in [0.15, 0.2) is 0 Å². The second-order valence-electron chi connectivity index (χ2n) is 5.39. The van der Waals surface area contributed by atoms with E-state index >= 15 is 0 Å². The lowest BCUT2D eigenvalue weighted by molar-refractivity contribution is 0.0590. The summed E-state index contributed by atoms with van der Waals surface area (Å²) in [6, 6.07) is 0. The van der Waals surface area contributed by atoms with Crippen LogP contribution in [0.5, 0.6) is 0 Å². The summed E-state index contributed by atoms with van der Waals surface area (Å²) in [4.78, 5) is 11.2. The number of amides is 1. The number of carbonyl (C=O) groups is 1. The maximum Gasteiger partial charge on any atom is 0.421 e. The molecule has 0 aromatic rings. The first-order valence-electron chi connectivity index (χ1n) is 6.11. The van der Waals surface area contributed by atoms with Crippen molar-refractivity contribution >= 4 is 6.09 Å². The van der Waals surface area contributed by atoms with E-state index in [1.165, 1.54) is 19.3 Å². The monoisotopic (exact) mass is 228 g/mol. The molecule has 0 aromatic carbocycles. The molecule has 0 saturated heterocycles. The smallest absolute Gasteiger partial charge is 0.421 e. The van der Waals surface area contributed by atoms with Crippen molar-refractivity contribution in [3.05, 3.63) is 0 Å². The molecule has 0 aromatic heterocycles. The fourth-order valence-corrected chi connectivity index (χ4v) is 2.25. The Kier molecular flexibility index (Phi) is 4.19. The molecule has 0 heterocycles. The Hall–Kier alpha value is -0.770. The van der Waals surface area contributed by atoms with Gasteiger partial charge in [-0.1, -0.05) is 26.7 Å². The third kappa shape index (κ3) is 2.88. The van der Waals surface area contributed by atoms with Crippen LogP contribution >= 0.6 is 0 Å². The van der Waals surface area contributed by atoms with Gasteiger partial charge in [0.2, 0.25) is 0 Å². The van der Waals surface area contributed by atoms with Crippen molar-refractivity contribution in [3.63, 3.8) is 0 Å². The molecule has 1 aliphatic carbocycles. The minimum Gasteiger partial charge on any atom is -0.449 e. The van der Waals surface area contributed by atoms with Crippen LogP contribution in [0.4, 0.5) is 4.79 Å². The van der Waals surface area contributed by atoms with Crippen LogP contribution in [0, 0.1) is 5.41 Å². The van der Waals surface area contributed by atoms with Crippen molar-refractivity contribution in [3.8, 4) is 0 Å². The Balaban J connectivity index is 2.52. The van der Waals surface area contributed by atoms with Crippen LogP contribution in [0.2, 0.25) is 0 Å². The molecule has 1 aliphatic rings. The van der Waals surface area contributed by atoms with Crippen molar-refractivity contribution in [2.75, 3.05) is 6.61 Å². The van der Waals surface area contributed by atoms with Gasteiger partial charge in [-0.3, -0.25) is 5.43 Å². The molecule has 4 heteroatoms. The first-order valence-corrected chi connectivity index (χ1v) is 6.11. The molecule has 0 aliphatic heterocycles. The lowest BCUT2D eigenvalue weighted by Gasteiger charge is -2.48. The van der Waals surface area contributed by atoms with Gasteiger partial charge < -0.3 is 4.74 Å². The van der Waals surface area contributed by atoms with E-state index in [1.807, 2.05) is 0 Å². The lowest BCUT2D eigenvalue weighted by atomic mass is 9.64. The summed E-state index contributed by atoms with van der Waals surface area (Å²) in [5.41, 5.74) is 5.91. The predicted molar refractivity (Wildman–Crippen MR) is 63.9 cm³/mol. The van der Waals surface area contributed by atoms with Crippen molar-refractivity contribution in [2.45, 2.75) is 58.9 Å². The molecule has 0 bridgehead atoms. The molecule has 1 rings (SSSR count). The largest absolute Gasteiger partial charge is 0.449 e. The number of hydrogen-bond donors (Lipinski definition) is 2. The van der Waals surface area contributed by atoms with Gasteiger partial charge in [-0.05, 0) is 32.1 Å². The zero-order valence-corrected chi connectivity index (χ0v) is 10.9. The van der Waals surface area contributed by atoms with Gasteiger partial charge in [-0.25, -0.2) is 10.2 Å². The maximum atomic E-state index is 11.2. The summed E-state index contributed by atoms with van der Waals surface area (Å²) in [6.07, 6.45) is 4.33. The lowest BCUT2D eigenvalue weighted by Crippen LogP contribution is -2.61. The van der Waals surface area contributed by atoms with Crippen LogP contribution in [0.1, 0.15) is 53.4 Å². The fourth-order valence-electron chi connectivity index (χ4n) is 2.25. The highest BCUT2D eigenvalue weighted by atomic mass is 16.5. The molecule has 1 fully saturated rings. The zero-order valence-electron chi connectivity index (χ0n) is 10.9. The third-order valence-electron chi connectivity index (χ3n) is 3.94. The summed E-state index contributed by atoms with van der Waals surface area (Å²) in [7, 11) is 0. The molecular formula is C12H24N2O2. The molecule has 94 valence electrons. The maximum absolute atomic E-state index is 11.2. The van der Waals surface area contributed by atoms with Gasteiger partial charge in [0.25, 0.3) is 0 Å². The Labute approximate surface area is 98.1 Å². The second-order valence-corrected chi connectivity index (χ2v) is 5.39. The normalized spacial score (nSPS) is 28.5. The molecule has 0 spiro atoms. The van der Waals surface area contributed by atoms with Gasteiger partial charge >= 0.3 is 6.09 Å². The average Bonchev–Trinajstić information content (AvgIpc) is 2.20. The molecule has 2 N–H and O–H groups in total. The Morgan fingerprint density at radius 3 is 2.44 bits per heavy atom. The van der Waals surface area contributed by atoms with Crippen molar-refractivity contribution in [2.24, 2.45) is 5.41 Å². The van der Waals surface area contributed by atoms with E-state index in [1.54, 1.807) is 6.92 Å². The predicted octanol–water partition coefficient (Wildman–Crippen LogP) is 2.60. The number of hydrogen-bond acceptors (Lipinski definition) is 3. The van der Waals surface area contributed by atoms with E-state index in [0.717, 1.165) is 6.42 Å². The van der Waals surface area contributed by atoms with E-state index in [0.29, 0.717) is 6.61 Å². The van der Waals surface area contributed by atoms with Crippen LogP contribution in [-0.4, -0.2) is 18.2 Å². The van der Waals surface area contributed by atoms with E-state index in [4.69, 9.17) is 4.74 Å². The van der Waals surface area contributed by atoms with Gasteiger partial charge in [0.15, 0.2) is 0 Å². The Morgan fingerprint density at radius 1 is 1.25 bits per heavy atom. The molecule has 16 heavy (non-hydrogen) atoms. The number of nitrogens with one attached hydrogen (secondary N) is 2. The standard InChI is InChI=1S/C12H24N2O2/c1-5-16-10(15)13-14-12(4)9-7-6-8-11(12,2)3/h14H,5-9H2,1-4H3,(H,13,15). The first kappa shape index (κ1) is 13.3. The van der Waals surface area contributed by atoms with Gasteiger partial charge in [-0.15, -0.1) is 0 Å². The van der Waals surface area contributed by atoms with E-state index in [2.05, 4.69) is 31.6 Å². The van der Waals surface area contributed by atoms with E-state index < -0.39 is 6.09 Å². The van der Waals surface area contributed by atoms with Crippen LogP contribution in [-0.2, 0) is 4.74 Å². The fraction of sp³-hybridized carbons (Fsp3) is 0.917.